The van der Waals surface area contributed by atoms with Gasteiger partial charge in [-0.3, -0.25) is 9.36 Å². The number of carbonyl (C=O) groups excluding carboxylic acids is 1. The Labute approximate surface area is 233 Å². The number of nitrogens with zero attached hydrogens (tertiary/aromatic N) is 2. The Balaban J connectivity index is 1.62. The van der Waals surface area contributed by atoms with Gasteiger partial charge in [-0.05, 0) is 55.7 Å². The number of carbonyl (C=O) groups is 1. The second-order valence-corrected chi connectivity index (χ2v) is 10.6. The van der Waals surface area contributed by atoms with E-state index in [9.17, 15) is 14.0 Å². The summed E-state index contributed by atoms with van der Waals surface area (Å²) < 4.78 is 21.2. The van der Waals surface area contributed by atoms with Crippen molar-refractivity contribution in [3.8, 4) is 11.3 Å². The Bertz CT molecular complexity index is 1980. The lowest BCUT2D eigenvalue weighted by Crippen LogP contribution is -2.39. The van der Waals surface area contributed by atoms with E-state index in [4.69, 9.17) is 4.74 Å². The number of H-pyrrole nitrogens is 1. The van der Waals surface area contributed by atoms with Gasteiger partial charge in [-0.15, -0.1) is 0 Å². The number of hydrogen-bond acceptors (Lipinski definition) is 5. The largest absolute Gasteiger partial charge is 0.463 e. The molecule has 0 saturated heterocycles. The van der Waals surface area contributed by atoms with Crippen molar-refractivity contribution in [2.75, 3.05) is 6.61 Å². The molecule has 0 spiro atoms. The molecule has 1 N–H and O–H groups in total. The van der Waals surface area contributed by atoms with Crippen LogP contribution in [0, 0.1) is 12.7 Å². The molecule has 200 valence electrons. The van der Waals surface area contributed by atoms with E-state index in [1.54, 1.807) is 26.0 Å². The highest BCUT2D eigenvalue weighted by atomic mass is 32.1. The molecule has 1 atom stereocenters. The predicted molar refractivity (Wildman–Crippen MR) is 155 cm³/mol. The van der Waals surface area contributed by atoms with Crippen molar-refractivity contribution in [1.82, 2.24) is 9.55 Å². The van der Waals surface area contributed by atoms with E-state index in [-0.39, 0.29) is 17.7 Å². The molecule has 0 radical (unpaired) electrons. The summed E-state index contributed by atoms with van der Waals surface area (Å²) in [5.74, 6) is -0.955. The molecular formula is C32H26FN3O3S. The molecule has 3 aromatic carbocycles. The third kappa shape index (κ3) is 4.30. The molecule has 6 nitrogen and oxygen atoms in total. The van der Waals surface area contributed by atoms with Crippen LogP contribution in [-0.2, 0) is 9.53 Å². The van der Waals surface area contributed by atoms with E-state index < -0.39 is 17.8 Å². The summed E-state index contributed by atoms with van der Waals surface area (Å²) in [5.41, 5.74) is 5.96. The molecular weight excluding hydrogens is 525 g/mol. The molecule has 0 saturated carbocycles. The van der Waals surface area contributed by atoms with Crippen LogP contribution >= 0.6 is 11.3 Å². The van der Waals surface area contributed by atoms with Gasteiger partial charge in [0.15, 0.2) is 4.80 Å². The van der Waals surface area contributed by atoms with Crippen molar-refractivity contribution in [3.05, 3.63) is 126 Å². The monoisotopic (exact) mass is 551 g/mol. The maximum atomic E-state index is 14.1. The lowest BCUT2D eigenvalue weighted by Gasteiger charge is -2.24. The fourth-order valence-electron chi connectivity index (χ4n) is 5.25. The fraction of sp³-hybridized carbons (Fsp3) is 0.156. The zero-order chi connectivity index (χ0) is 28.0. The van der Waals surface area contributed by atoms with Crippen molar-refractivity contribution in [1.29, 1.82) is 0 Å². The predicted octanol–water partition coefficient (Wildman–Crippen LogP) is 5.39. The zero-order valence-electron chi connectivity index (χ0n) is 22.2. The Morgan fingerprint density at radius 1 is 1.07 bits per heavy atom. The Hall–Kier alpha value is -4.56. The highest BCUT2D eigenvalue weighted by Gasteiger charge is 2.33. The Morgan fingerprint density at radius 2 is 1.82 bits per heavy atom. The van der Waals surface area contributed by atoms with Crippen LogP contribution in [0.2, 0.25) is 0 Å². The number of fused-ring (bicyclic) bond motifs is 2. The number of rotatable bonds is 5. The fourth-order valence-corrected chi connectivity index (χ4v) is 6.28. The van der Waals surface area contributed by atoms with Crippen LogP contribution in [0.15, 0.2) is 93.9 Å². The highest BCUT2D eigenvalue weighted by molar-refractivity contribution is 7.07. The minimum Gasteiger partial charge on any atom is -0.463 e. The van der Waals surface area contributed by atoms with Gasteiger partial charge in [0, 0.05) is 16.5 Å². The average molecular weight is 552 g/mol. The summed E-state index contributed by atoms with van der Waals surface area (Å²) in [6.45, 7) is 5.69. The average Bonchev–Trinajstić information content (AvgIpc) is 3.47. The summed E-state index contributed by atoms with van der Waals surface area (Å²) in [4.78, 5) is 35.9. The van der Waals surface area contributed by atoms with Crippen LogP contribution < -0.4 is 14.9 Å². The number of ether oxygens (including phenoxy) is 1. The zero-order valence-corrected chi connectivity index (χ0v) is 23.0. The van der Waals surface area contributed by atoms with Gasteiger partial charge in [-0.25, -0.2) is 14.2 Å². The second-order valence-electron chi connectivity index (χ2n) is 9.63. The molecule has 0 unspecified atom stereocenters. The highest BCUT2D eigenvalue weighted by Crippen LogP contribution is 2.33. The van der Waals surface area contributed by atoms with Crippen LogP contribution in [0.25, 0.3) is 28.2 Å². The standard InChI is InChI=1S/C32H26FN3O3S/c1-4-39-31(38)26-19(3)34-32-36(29(26)21-13-15-22(33)16-14-21)30(37)25(40-32)17-24-23-12-8-9-18(2)27(23)35-28(24)20-10-6-5-7-11-20/h5-17,29,35H,4H2,1-3H3/b25-17-/t29-/m0/s1. The van der Waals surface area contributed by atoms with Crippen LogP contribution in [0.1, 0.15) is 36.6 Å². The van der Waals surface area contributed by atoms with Crippen molar-refractivity contribution in [2.45, 2.75) is 26.8 Å². The maximum Gasteiger partial charge on any atom is 0.338 e. The number of nitrogens with one attached hydrogen (secondary N) is 1. The van der Waals surface area contributed by atoms with Crippen LogP contribution in [0.4, 0.5) is 4.39 Å². The Morgan fingerprint density at radius 3 is 2.55 bits per heavy atom. The number of esters is 1. The normalized spacial score (nSPS) is 15.3. The molecule has 5 aromatic rings. The summed E-state index contributed by atoms with van der Waals surface area (Å²) in [5, 5.41) is 1.00. The van der Waals surface area contributed by atoms with Crippen LogP contribution in [0.5, 0.6) is 0 Å². The number of halogens is 1. The van der Waals surface area contributed by atoms with E-state index in [1.807, 2.05) is 61.5 Å². The SMILES string of the molecule is CCOC(=O)C1=C(C)N=c2s/c(=C\c3c(-c4ccccc4)[nH]c4c(C)cccc34)c(=O)n2[C@H]1c1ccc(F)cc1. The van der Waals surface area contributed by atoms with Crippen molar-refractivity contribution < 1.29 is 13.9 Å². The van der Waals surface area contributed by atoms with E-state index >= 15 is 0 Å². The van der Waals surface area contributed by atoms with E-state index in [1.165, 1.54) is 28.0 Å². The molecule has 3 heterocycles. The number of benzene rings is 3. The lowest BCUT2D eigenvalue weighted by molar-refractivity contribution is -0.139. The molecule has 8 heteroatoms. The second kappa shape index (κ2) is 10.2. The van der Waals surface area contributed by atoms with Gasteiger partial charge in [-0.1, -0.05) is 72.0 Å². The van der Waals surface area contributed by atoms with Crippen molar-refractivity contribution >= 4 is 34.3 Å². The van der Waals surface area contributed by atoms with Gasteiger partial charge in [0.2, 0.25) is 0 Å². The first-order valence-corrected chi connectivity index (χ1v) is 13.8. The summed E-state index contributed by atoms with van der Waals surface area (Å²) in [7, 11) is 0. The van der Waals surface area contributed by atoms with Gasteiger partial charge >= 0.3 is 5.97 Å². The minimum atomic E-state index is -0.795. The molecule has 2 aromatic heterocycles. The van der Waals surface area contributed by atoms with Gasteiger partial charge in [0.05, 0.1) is 34.1 Å². The molecule has 40 heavy (non-hydrogen) atoms. The molecule has 0 fully saturated rings. The smallest absolute Gasteiger partial charge is 0.338 e. The number of hydrogen-bond donors (Lipinski definition) is 1. The maximum absolute atomic E-state index is 14.1. The number of thiazole rings is 1. The van der Waals surface area contributed by atoms with Crippen LogP contribution in [-0.4, -0.2) is 22.1 Å². The van der Waals surface area contributed by atoms with E-state index in [0.29, 0.717) is 20.6 Å². The number of para-hydroxylation sites is 1. The van der Waals surface area contributed by atoms with Crippen LogP contribution in [0.3, 0.4) is 0 Å². The minimum absolute atomic E-state index is 0.179. The van der Waals surface area contributed by atoms with Crippen molar-refractivity contribution in [2.24, 2.45) is 4.99 Å². The van der Waals surface area contributed by atoms with Gasteiger partial charge in [-0.2, -0.15) is 0 Å². The van der Waals surface area contributed by atoms with Gasteiger partial charge in [0.25, 0.3) is 5.56 Å². The van der Waals surface area contributed by atoms with Gasteiger partial charge in [0.1, 0.15) is 5.82 Å². The number of aromatic nitrogens is 2. The molecule has 1 aliphatic rings. The Kier molecular flexibility index (Phi) is 6.56. The van der Waals surface area contributed by atoms with Gasteiger partial charge < -0.3 is 9.72 Å². The topological polar surface area (TPSA) is 76.4 Å². The van der Waals surface area contributed by atoms with Crippen molar-refractivity contribution in [3.63, 3.8) is 0 Å². The van der Waals surface area contributed by atoms with E-state index in [2.05, 4.69) is 9.98 Å². The summed E-state index contributed by atoms with van der Waals surface area (Å²) >= 11 is 1.26. The quantitative estimate of drug-likeness (QED) is 0.298. The molecule has 0 aliphatic carbocycles. The van der Waals surface area contributed by atoms with E-state index in [0.717, 1.165) is 33.3 Å². The summed E-state index contributed by atoms with van der Waals surface area (Å²) in [6, 6.07) is 21.1. The molecule has 0 amide bonds. The molecule has 0 bridgehead atoms. The first-order chi connectivity index (χ1) is 19.4. The number of allylic oxidation sites excluding steroid dienone is 1. The third-order valence-corrected chi connectivity index (χ3v) is 8.11. The first-order valence-electron chi connectivity index (χ1n) is 13.0. The number of aryl methyl sites for hydroxylation is 1. The first kappa shape index (κ1) is 25.7. The molecule has 6 rings (SSSR count). The third-order valence-electron chi connectivity index (χ3n) is 7.12. The summed E-state index contributed by atoms with van der Waals surface area (Å²) in [6.07, 6.45) is 1.90. The lowest BCUT2D eigenvalue weighted by atomic mass is 9.96. The molecule has 1 aliphatic heterocycles. The number of aromatic amines is 1.